The summed E-state index contributed by atoms with van der Waals surface area (Å²) in [6, 6.07) is 8.50. The number of hydrogen-bond acceptors (Lipinski definition) is 3. The number of benzene rings is 1. The van der Waals surface area contributed by atoms with Crippen LogP contribution in [0.15, 0.2) is 30.3 Å². The van der Waals surface area contributed by atoms with Crippen LogP contribution in [0.5, 0.6) is 0 Å². The molecular weight excluding hydrogens is 272 g/mol. The Bertz CT molecular complexity index is 563. The Labute approximate surface area is 123 Å². The summed E-state index contributed by atoms with van der Waals surface area (Å²) in [6.45, 7) is -0.836. The van der Waals surface area contributed by atoms with Crippen molar-refractivity contribution in [1.29, 1.82) is 0 Å². The van der Waals surface area contributed by atoms with E-state index in [0.29, 0.717) is 5.56 Å². The molecule has 6 nitrogen and oxygen atoms in total. The first-order valence-corrected chi connectivity index (χ1v) is 6.19. The van der Waals surface area contributed by atoms with Crippen LogP contribution in [-0.4, -0.2) is 59.4 Å². The van der Waals surface area contributed by atoms with Crippen LogP contribution in [0, 0.1) is 12.3 Å². The monoisotopic (exact) mass is 288 g/mol. The average molecular weight is 288 g/mol. The fourth-order valence-corrected chi connectivity index (χ4v) is 1.68. The van der Waals surface area contributed by atoms with Crippen LogP contribution in [0.1, 0.15) is 10.4 Å². The molecule has 0 saturated carbocycles. The molecule has 1 aromatic rings. The Hall–Kier alpha value is -2.81. The minimum Gasteiger partial charge on any atom is -0.480 e. The summed E-state index contributed by atoms with van der Waals surface area (Å²) >= 11 is 0. The molecule has 0 unspecified atom stereocenters. The number of carbonyl (C=O) groups is 3. The first-order valence-electron chi connectivity index (χ1n) is 6.19. The van der Waals surface area contributed by atoms with Gasteiger partial charge in [0.1, 0.15) is 6.54 Å². The predicted octanol–water partition coefficient (Wildman–Crippen LogP) is 0.305. The lowest BCUT2D eigenvalue weighted by Gasteiger charge is -2.22. The molecular formula is C15H16N2O4. The van der Waals surface area contributed by atoms with Crippen molar-refractivity contribution in [3.05, 3.63) is 35.9 Å². The molecule has 0 heterocycles. The van der Waals surface area contributed by atoms with Crippen molar-refractivity contribution in [1.82, 2.24) is 9.80 Å². The SMILES string of the molecule is C#CCN(CC(=O)O)C(=O)CN(C)C(=O)c1ccccc1. The van der Waals surface area contributed by atoms with E-state index in [0.717, 1.165) is 4.90 Å². The van der Waals surface area contributed by atoms with Crippen LogP contribution in [0.3, 0.4) is 0 Å². The quantitative estimate of drug-likeness (QED) is 0.764. The third kappa shape index (κ3) is 4.99. The minimum atomic E-state index is -1.16. The fourth-order valence-electron chi connectivity index (χ4n) is 1.68. The number of aliphatic carboxylic acids is 1. The van der Waals surface area contributed by atoms with Crippen LogP contribution < -0.4 is 0 Å². The third-order valence-electron chi connectivity index (χ3n) is 2.70. The minimum absolute atomic E-state index is 0.113. The van der Waals surface area contributed by atoms with Crippen LogP contribution in [0.2, 0.25) is 0 Å². The Kier molecular flexibility index (Phi) is 5.96. The summed E-state index contributed by atoms with van der Waals surface area (Å²) in [4.78, 5) is 37.0. The second-order valence-electron chi connectivity index (χ2n) is 4.37. The zero-order valence-electron chi connectivity index (χ0n) is 11.7. The third-order valence-corrected chi connectivity index (χ3v) is 2.70. The average Bonchev–Trinajstić information content (AvgIpc) is 2.46. The smallest absolute Gasteiger partial charge is 0.323 e. The molecule has 2 amide bonds. The number of likely N-dealkylation sites (N-methyl/N-ethyl adjacent to an activating group) is 1. The molecule has 0 bridgehead atoms. The van der Waals surface area contributed by atoms with Gasteiger partial charge in [0, 0.05) is 12.6 Å². The van der Waals surface area contributed by atoms with E-state index in [1.54, 1.807) is 30.3 Å². The summed E-state index contributed by atoms with van der Waals surface area (Å²) in [5.41, 5.74) is 0.453. The van der Waals surface area contributed by atoms with E-state index in [-0.39, 0.29) is 19.0 Å². The molecule has 0 atom stereocenters. The van der Waals surface area contributed by atoms with Crippen molar-refractivity contribution in [2.75, 3.05) is 26.7 Å². The van der Waals surface area contributed by atoms with Gasteiger partial charge in [-0.25, -0.2) is 0 Å². The first-order chi connectivity index (χ1) is 9.95. The lowest BCUT2D eigenvalue weighted by molar-refractivity contribution is -0.144. The van der Waals surface area contributed by atoms with Crippen LogP contribution >= 0.6 is 0 Å². The van der Waals surface area contributed by atoms with Crippen molar-refractivity contribution < 1.29 is 19.5 Å². The number of terminal acetylenes is 1. The Morgan fingerprint density at radius 2 is 1.81 bits per heavy atom. The largest absolute Gasteiger partial charge is 0.480 e. The van der Waals surface area contributed by atoms with Crippen molar-refractivity contribution >= 4 is 17.8 Å². The molecule has 0 aromatic heterocycles. The number of hydrogen-bond donors (Lipinski definition) is 1. The van der Waals surface area contributed by atoms with E-state index in [9.17, 15) is 14.4 Å². The summed E-state index contributed by atoms with van der Waals surface area (Å²) in [7, 11) is 1.47. The van der Waals surface area contributed by atoms with Gasteiger partial charge in [0.2, 0.25) is 5.91 Å². The Balaban J connectivity index is 2.70. The Morgan fingerprint density at radius 3 is 2.33 bits per heavy atom. The lowest BCUT2D eigenvalue weighted by Crippen LogP contribution is -2.43. The van der Waals surface area contributed by atoms with E-state index < -0.39 is 18.4 Å². The molecule has 1 rings (SSSR count). The zero-order valence-corrected chi connectivity index (χ0v) is 11.7. The normalized spacial score (nSPS) is 9.52. The number of rotatable bonds is 6. The maximum Gasteiger partial charge on any atom is 0.323 e. The summed E-state index contributed by atoms with van der Waals surface area (Å²) in [5, 5.41) is 8.74. The highest BCUT2D eigenvalue weighted by atomic mass is 16.4. The van der Waals surface area contributed by atoms with Gasteiger partial charge >= 0.3 is 5.97 Å². The van der Waals surface area contributed by atoms with Crippen molar-refractivity contribution in [2.24, 2.45) is 0 Å². The van der Waals surface area contributed by atoms with Gasteiger partial charge in [-0.15, -0.1) is 6.42 Å². The zero-order chi connectivity index (χ0) is 15.8. The van der Waals surface area contributed by atoms with Gasteiger partial charge < -0.3 is 14.9 Å². The molecule has 110 valence electrons. The molecule has 1 aromatic carbocycles. The van der Waals surface area contributed by atoms with Gasteiger partial charge in [-0.1, -0.05) is 24.1 Å². The van der Waals surface area contributed by atoms with Crippen LogP contribution in [-0.2, 0) is 9.59 Å². The molecule has 21 heavy (non-hydrogen) atoms. The summed E-state index contributed by atoms with van der Waals surface area (Å²) < 4.78 is 0. The second kappa shape index (κ2) is 7.70. The maximum atomic E-state index is 12.1. The van der Waals surface area contributed by atoms with Crippen LogP contribution in [0.4, 0.5) is 0 Å². The van der Waals surface area contributed by atoms with Gasteiger partial charge in [0.25, 0.3) is 5.91 Å². The standard InChI is InChI=1S/C15H16N2O4/c1-3-9-17(11-14(19)20)13(18)10-16(2)15(21)12-7-5-4-6-8-12/h1,4-8H,9-11H2,2H3,(H,19,20). The Morgan fingerprint density at radius 1 is 1.19 bits per heavy atom. The van der Waals surface area contributed by atoms with E-state index in [1.807, 2.05) is 0 Å². The first kappa shape index (κ1) is 16.2. The van der Waals surface area contributed by atoms with Crippen molar-refractivity contribution in [3.63, 3.8) is 0 Å². The molecule has 0 spiro atoms. The van der Waals surface area contributed by atoms with Crippen molar-refractivity contribution in [2.45, 2.75) is 0 Å². The molecule has 0 aliphatic heterocycles. The number of carboxylic acid groups (broad SMARTS) is 1. The van der Waals surface area contributed by atoms with Crippen molar-refractivity contribution in [3.8, 4) is 12.3 Å². The maximum absolute atomic E-state index is 12.1. The second-order valence-corrected chi connectivity index (χ2v) is 4.37. The fraction of sp³-hybridized carbons (Fsp3) is 0.267. The highest BCUT2D eigenvalue weighted by molar-refractivity contribution is 5.96. The van der Waals surface area contributed by atoms with Gasteiger partial charge in [0.05, 0.1) is 13.1 Å². The molecule has 1 N–H and O–H groups in total. The highest BCUT2D eigenvalue weighted by Crippen LogP contribution is 2.03. The molecule has 0 aliphatic carbocycles. The predicted molar refractivity (Wildman–Crippen MR) is 76.5 cm³/mol. The summed E-state index contributed by atoms with van der Waals surface area (Å²) in [6.07, 6.45) is 5.11. The van der Waals surface area contributed by atoms with E-state index in [1.165, 1.54) is 11.9 Å². The molecule has 0 saturated heterocycles. The topological polar surface area (TPSA) is 77.9 Å². The van der Waals surface area contributed by atoms with E-state index in [4.69, 9.17) is 11.5 Å². The number of amides is 2. The molecule has 0 radical (unpaired) electrons. The van der Waals surface area contributed by atoms with Gasteiger partial charge in [-0.05, 0) is 12.1 Å². The van der Waals surface area contributed by atoms with Crippen LogP contribution in [0.25, 0.3) is 0 Å². The molecule has 0 fully saturated rings. The van der Waals surface area contributed by atoms with Gasteiger partial charge in [-0.3, -0.25) is 14.4 Å². The highest BCUT2D eigenvalue weighted by Gasteiger charge is 2.20. The number of nitrogens with zero attached hydrogens (tertiary/aromatic N) is 2. The molecule has 0 aliphatic rings. The summed E-state index contributed by atoms with van der Waals surface area (Å²) in [5.74, 6) is 0.238. The van der Waals surface area contributed by atoms with Gasteiger partial charge in [0.15, 0.2) is 0 Å². The van der Waals surface area contributed by atoms with E-state index >= 15 is 0 Å². The molecule has 6 heteroatoms. The number of carboxylic acids is 1. The van der Waals surface area contributed by atoms with Gasteiger partial charge in [-0.2, -0.15) is 0 Å². The lowest BCUT2D eigenvalue weighted by atomic mass is 10.2. The number of carbonyl (C=O) groups excluding carboxylic acids is 2. The van der Waals surface area contributed by atoms with E-state index in [2.05, 4.69) is 5.92 Å².